The van der Waals surface area contributed by atoms with E-state index < -0.39 is 32.7 Å². The summed E-state index contributed by atoms with van der Waals surface area (Å²) < 4.78 is 68.2. The molecule has 183 valence electrons. The van der Waals surface area contributed by atoms with Gasteiger partial charge in [-0.2, -0.15) is 0 Å². The van der Waals surface area contributed by atoms with Gasteiger partial charge in [-0.25, -0.2) is 0 Å². The van der Waals surface area contributed by atoms with Crippen molar-refractivity contribution in [1.82, 2.24) is 0 Å². The maximum atomic E-state index is 10.1. The van der Waals surface area contributed by atoms with Crippen LogP contribution in [0.15, 0.2) is 60.7 Å². The van der Waals surface area contributed by atoms with E-state index >= 15 is 0 Å². The third-order valence-corrected chi connectivity index (χ3v) is 2.02. The van der Waals surface area contributed by atoms with Crippen LogP contribution in [0, 0.1) is 0 Å². The molecule has 3 radical (unpaired) electrons. The molecule has 12 nitrogen and oxygen atoms in total. The molecule has 0 aromatic heterocycles. The van der Waals surface area contributed by atoms with Crippen LogP contribution < -0.4 is 10.2 Å². The summed E-state index contributed by atoms with van der Waals surface area (Å²) in [6.45, 7) is 0. The molecule has 0 aliphatic heterocycles. The number of carboxylic acid groups (broad SMARTS) is 2. The van der Waals surface area contributed by atoms with Crippen LogP contribution in [0.4, 0.5) is 0 Å². The first kappa shape index (κ1) is 40.1. The summed E-state index contributed by atoms with van der Waals surface area (Å²) in [4.78, 5) is 20.2. The minimum absolute atomic E-state index is 0. The second kappa shape index (κ2) is 20.6. The molecule has 0 bridgehead atoms. The zero-order valence-corrected chi connectivity index (χ0v) is 18.9. The second-order valence-electron chi connectivity index (χ2n) is 4.12. The van der Waals surface area contributed by atoms with Crippen molar-refractivity contribution in [2.45, 2.75) is 0 Å². The number of carbonyl (C=O) groups is 2. The molecule has 0 heterocycles. The van der Waals surface area contributed by atoms with E-state index in [0.717, 1.165) is 0 Å². The van der Waals surface area contributed by atoms with Crippen molar-refractivity contribution in [3.05, 3.63) is 71.8 Å². The molecule has 2 aromatic carbocycles. The van der Waals surface area contributed by atoms with Crippen molar-refractivity contribution in [3.8, 4) is 0 Å². The summed E-state index contributed by atoms with van der Waals surface area (Å²) in [5.41, 5.74) is 0.440. The third-order valence-electron chi connectivity index (χ3n) is 2.02. The fraction of sp³-hybridized carbons (Fsp3) is 0. The van der Waals surface area contributed by atoms with Gasteiger partial charge in [-0.3, -0.25) is 16.8 Å². The van der Waals surface area contributed by atoms with Crippen LogP contribution in [0.1, 0.15) is 20.7 Å². The molecule has 0 aliphatic carbocycles. The predicted octanol–water partition coefficient (Wildman–Crippen LogP) is -2.58. The van der Waals surface area contributed by atoms with Gasteiger partial charge in [-0.05, 0) is 11.1 Å². The molecule has 0 spiro atoms. The fourth-order valence-electron chi connectivity index (χ4n) is 1.15. The molecular weight excluding hydrogens is 615 g/mol. The average molecular weight is 625 g/mol. The van der Waals surface area contributed by atoms with E-state index in [0.29, 0.717) is 0 Å². The van der Waals surface area contributed by atoms with Crippen molar-refractivity contribution >= 4 is 32.7 Å². The van der Waals surface area contributed by atoms with E-state index in [1.807, 2.05) is 0 Å². The first-order valence-electron chi connectivity index (χ1n) is 6.47. The van der Waals surface area contributed by atoms with Crippen molar-refractivity contribution in [2.75, 3.05) is 0 Å². The third kappa shape index (κ3) is 39.7. The number of carbonyl (C=O) groups excluding carboxylic acids is 2. The van der Waals surface area contributed by atoms with Gasteiger partial charge in [0, 0.05) is 20.8 Å². The minimum Gasteiger partial charge on any atom is -0.759 e. The number of rotatable bonds is 2. The Morgan fingerprint density at radius 1 is 0.516 bits per heavy atom. The molecule has 31 heavy (non-hydrogen) atoms. The van der Waals surface area contributed by atoms with Crippen molar-refractivity contribution < 1.29 is 106 Å². The van der Waals surface area contributed by atoms with E-state index in [-0.39, 0.29) is 62.3 Å². The molecule has 0 atom stereocenters. The summed E-state index contributed by atoms with van der Waals surface area (Å²) in [6, 6.07) is 16.1. The standard InChI is InChI=1S/2C7H6O2.3Cu.2H2O4S/c2*8-7(9)6-4-2-1-3-5-6;;;;2*1-5(2,3)4/h2*1-5H,(H,8,9);;;;2*(H2,1,2,3,4)/q;;3*+2;;/p-6. The van der Waals surface area contributed by atoms with Crippen LogP contribution in [-0.4, -0.2) is 47.0 Å². The molecule has 0 saturated carbocycles. The number of hydrogen-bond donors (Lipinski definition) is 0. The van der Waals surface area contributed by atoms with Gasteiger partial charge in [0.2, 0.25) is 0 Å². The molecule has 2 rings (SSSR count). The van der Waals surface area contributed by atoms with E-state index in [1.165, 1.54) is 24.3 Å². The normalized spacial score (nSPS) is 8.90. The zero-order valence-electron chi connectivity index (χ0n) is 14.4. The second-order valence-corrected chi connectivity index (χ2v) is 5.76. The van der Waals surface area contributed by atoms with Crippen LogP contribution in [0.25, 0.3) is 0 Å². The average Bonchev–Trinajstić information content (AvgIpc) is 2.54. The number of hydrogen-bond acceptors (Lipinski definition) is 12. The molecule has 0 aliphatic rings. The van der Waals surface area contributed by atoms with Crippen LogP contribution in [0.2, 0.25) is 0 Å². The first-order valence-corrected chi connectivity index (χ1v) is 9.14. The van der Waals surface area contributed by atoms with Crippen LogP contribution in [0.3, 0.4) is 0 Å². The molecule has 0 amide bonds. The maximum absolute atomic E-state index is 10.1. The molecule has 17 heteroatoms. The first-order chi connectivity index (χ1) is 12.6. The van der Waals surface area contributed by atoms with E-state index in [2.05, 4.69) is 0 Å². The van der Waals surface area contributed by atoms with E-state index in [1.54, 1.807) is 36.4 Å². The Morgan fingerprint density at radius 3 is 0.774 bits per heavy atom. The minimum atomic E-state index is -5.17. The van der Waals surface area contributed by atoms with Crippen molar-refractivity contribution in [2.24, 2.45) is 0 Å². The van der Waals surface area contributed by atoms with Crippen LogP contribution in [0.5, 0.6) is 0 Å². The molecule has 0 unspecified atom stereocenters. The van der Waals surface area contributed by atoms with Gasteiger partial charge in [0.15, 0.2) is 0 Å². The molecule has 2 aromatic rings. The van der Waals surface area contributed by atoms with Crippen molar-refractivity contribution in [3.63, 3.8) is 0 Å². The Bertz CT molecular complexity index is 842. The summed E-state index contributed by atoms with van der Waals surface area (Å²) in [5.74, 6) is -2.26. The fourth-order valence-corrected chi connectivity index (χ4v) is 1.15. The topological polar surface area (TPSA) is 241 Å². The molecule has 0 fully saturated rings. The smallest absolute Gasteiger partial charge is 0.759 e. The van der Waals surface area contributed by atoms with Gasteiger partial charge in [-0.15, -0.1) is 0 Å². The Labute approximate surface area is 209 Å². The predicted molar refractivity (Wildman–Crippen MR) is 82.5 cm³/mol. The van der Waals surface area contributed by atoms with Gasteiger partial charge in [-0.1, -0.05) is 60.7 Å². The maximum Gasteiger partial charge on any atom is 2.00 e. The molecule has 0 saturated heterocycles. The van der Waals surface area contributed by atoms with Gasteiger partial charge >= 0.3 is 51.2 Å². The SMILES string of the molecule is O=C([O-])c1ccccc1.O=C([O-])c1ccccc1.O=S(=O)([O-])[O-].O=S(=O)([O-])[O-].[Cu+2].[Cu+2].[Cu+2]. The quantitative estimate of drug-likeness (QED) is 0.190. The monoisotopic (exact) mass is 623 g/mol. The van der Waals surface area contributed by atoms with Gasteiger partial charge in [0.05, 0.1) is 11.9 Å². The Kier molecular flexibility index (Phi) is 26.6. The Hall–Kier alpha value is -1.32. The molecule has 0 N–H and O–H groups in total. The number of aromatic carboxylic acids is 2. The zero-order chi connectivity index (χ0) is 22.4. The van der Waals surface area contributed by atoms with Crippen LogP contribution >= 0.6 is 0 Å². The largest absolute Gasteiger partial charge is 2.00 e. The Morgan fingerprint density at radius 2 is 0.677 bits per heavy atom. The summed E-state index contributed by atoms with van der Waals surface area (Å²) in [5, 5.41) is 20.2. The summed E-state index contributed by atoms with van der Waals surface area (Å²) >= 11 is 0. The van der Waals surface area contributed by atoms with Gasteiger partial charge < -0.3 is 38.0 Å². The number of carboxylic acids is 2. The number of benzene rings is 2. The van der Waals surface area contributed by atoms with Crippen molar-refractivity contribution in [1.29, 1.82) is 0 Å². The van der Waals surface area contributed by atoms with Gasteiger partial charge in [0.1, 0.15) is 0 Å². The van der Waals surface area contributed by atoms with Gasteiger partial charge in [0.25, 0.3) is 0 Å². The summed E-state index contributed by atoms with van der Waals surface area (Å²) in [7, 11) is -10.3. The van der Waals surface area contributed by atoms with E-state index in [4.69, 9.17) is 35.0 Å². The van der Waals surface area contributed by atoms with Crippen LogP contribution in [-0.2, 0) is 72.0 Å². The Balaban J connectivity index is -0.0000000976. The molecular formula is C14H10Cu3O12S2. The summed E-state index contributed by atoms with van der Waals surface area (Å²) in [6.07, 6.45) is 0. The van der Waals surface area contributed by atoms with E-state index in [9.17, 15) is 19.8 Å².